The summed E-state index contributed by atoms with van der Waals surface area (Å²) in [5.74, 6) is -0.172. The Kier molecular flexibility index (Phi) is 6.59. The highest BCUT2D eigenvalue weighted by atomic mass is 35.5. The molecule has 162 valence electrons. The van der Waals surface area contributed by atoms with Crippen molar-refractivity contribution in [2.45, 2.75) is 18.8 Å². The molecule has 32 heavy (non-hydrogen) atoms. The highest BCUT2D eigenvalue weighted by Crippen LogP contribution is 2.34. The predicted octanol–water partition coefficient (Wildman–Crippen LogP) is 6.16. The van der Waals surface area contributed by atoms with Gasteiger partial charge in [-0.3, -0.25) is 9.78 Å². The summed E-state index contributed by atoms with van der Waals surface area (Å²) >= 11 is 12.5. The van der Waals surface area contributed by atoms with Crippen LogP contribution in [0.5, 0.6) is 0 Å². The van der Waals surface area contributed by atoms with Crippen LogP contribution >= 0.6 is 23.2 Å². The first-order valence-electron chi connectivity index (χ1n) is 10.1. The standard InChI is InChI=1S/C24H19Cl2FN4O/c25-18-4-1-17(12-28)22(11-18)30-23-20(13-29-14-21(23)26)24(32)31-9-7-16(8-10-31)15-2-5-19(27)6-3-15/h1-6,11,13-14,16H,7-10H2,(H,29,30). The minimum Gasteiger partial charge on any atom is -0.352 e. The van der Waals surface area contributed by atoms with Crippen LogP contribution in [-0.2, 0) is 0 Å². The Morgan fingerprint density at radius 1 is 1.12 bits per heavy atom. The molecule has 0 atom stereocenters. The van der Waals surface area contributed by atoms with E-state index in [1.54, 1.807) is 35.2 Å². The summed E-state index contributed by atoms with van der Waals surface area (Å²) in [4.78, 5) is 19.2. The number of hydrogen-bond acceptors (Lipinski definition) is 4. The highest BCUT2D eigenvalue weighted by Gasteiger charge is 2.27. The number of benzene rings is 2. The van der Waals surface area contributed by atoms with Crippen LogP contribution in [0.15, 0.2) is 54.9 Å². The van der Waals surface area contributed by atoms with Gasteiger partial charge in [-0.15, -0.1) is 0 Å². The molecule has 0 saturated carbocycles. The highest BCUT2D eigenvalue weighted by molar-refractivity contribution is 6.34. The average molecular weight is 469 g/mol. The molecule has 0 aliphatic carbocycles. The Morgan fingerprint density at radius 2 is 1.84 bits per heavy atom. The van der Waals surface area contributed by atoms with Crippen LogP contribution in [0.4, 0.5) is 15.8 Å². The molecule has 1 fully saturated rings. The predicted molar refractivity (Wildman–Crippen MR) is 123 cm³/mol. The summed E-state index contributed by atoms with van der Waals surface area (Å²) in [5, 5.41) is 13.2. The maximum absolute atomic E-state index is 13.3. The molecule has 1 saturated heterocycles. The second-order valence-electron chi connectivity index (χ2n) is 7.59. The Labute approximate surface area is 195 Å². The van der Waals surface area contributed by atoms with Crippen molar-refractivity contribution in [3.8, 4) is 6.07 Å². The lowest BCUT2D eigenvalue weighted by atomic mass is 9.89. The number of carbonyl (C=O) groups excluding carboxylic acids is 1. The molecule has 1 N–H and O–H groups in total. The number of halogens is 3. The molecule has 2 heterocycles. The SMILES string of the molecule is N#Cc1ccc(Cl)cc1Nc1c(Cl)cncc1C(=O)N1CCC(c2ccc(F)cc2)CC1. The molecule has 2 aromatic carbocycles. The molecule has 0 bridgehead atoms. The van der Waals surface area contributed by atoms with E-state index in [-0.39, 0.29) is 22.7 Å². The molecule has 8 heteroatoms. The normalized spacial score (nSPS) is 14.1. The molecule has 1 aliphatic heterocycles. The molecule has 4 rings (SSSR count). The summed E-state index contributed by atoms with van der Waals surface area (Å²) in [6.07, 6.45) is 4.47. The van der Waals surface area contributed by atoms with E-state index in [1.165, 1.54) is 24.5 Å². The number of aromatic nitrogens is 1. The van der Waals surface area contributed by atoms with Crippen molar-refractivity contribution in [1.29, 1.82) is 5.26 Å². The van der Waals surface area contributed by atoms with E-state index in [0.717, 1.165) is 18.4 Å². The first-order valence-corrected chi connectivity index (χ1v) is 10.9. The lowest BCUT2D eigenvalue weighted by molar-refractivity contribution is 0.0713. The van der Waals surface area contributed by atoms with Gasteiger partial charge in [-0.2, -0.15) is 5.26 Å². The number of likely N-dealkylation sites (tertiary alicyclic amines) is 1. The number of amides is 1. The Balaban J connectivity index is 1.54. The van der Waals surface area contributed by atoms with Crippen molar-refractivity contribution in [2.75, 3.05) is 18.4 Å². The number of pyridine rings is 1. The van der Waals surface area contributed by atoms with E-state index in [0.29, 0.717) is 40.6 Å². The topological polar surface area (TPSA) is 69.0 Å². The Bertz CT molecular complexity index is 1190. The lowest BCUT2D eigenvalue weighted by Gasteiger charge is -2.32. The molecule has 1 aromatic heterocycles. The number of anilines is 2. The van der Waals surface area contributed by atoms with Gasteiger partial charge in [0.2, 0.25) is 0 Å². The van der Waals surface area contributed by atoms with Crippen molar-refractivity contribution in [1.82, 2.24) is 9.88 Å². The van der Waals surface area contributed by atoms with Gasteiger partial charge in [-0.1, -0.05) is 35.3 Å². The maximum Gasteiger partial charge on any atom is 0.257 e. The van der Waals surface area contributed by atoms with Gasteiger partial charge >= 0.3 is 0 Å². The maximum atomic E-state index is 13.3. The van der Waals surface area contributed by atoms with Crippen LogP contribution in [0.1, 0.15) is 40.2 Å². The second-order valence-corrected chi connectivity index (χ2v) is 8.43. The van der Waals surface area contributed by atoms with Gasteiger partial charge in [0.25, 0.3) is 5.91 Å². The second kappa shape index (κ2) is 9.56. The van der Waals surface area contributed by atoms with Gasteiger partial charge in [-0.05, 0) is 54.7 Å². The van der Waals surface area contributed by atoms with Gasteiger partial charge < -0.3 is 10.2 Å². The number of nitrogens with one attached hydrogen (secondary N) is 1. The average Bonchev–Trinajstić information content (AvgIpc) is 2.81. The molecule has 1 aliphatic rings. The third-order valence-electron chi connectivity index (χ3n) is 5.62. The fraction of sp³-hybridized carbons (Fsp3) is 0.208. The third-order valence-corrected chi connectivity index (χ3v) is 6.14. The van der Waals surface area contributed by atoms with Gasteiger partial charge in [0, 0.05) is 30.5 Å². The van der Waals surface area contributed by atoms with E-state index < -0.39 is 0 Å². The van der Waals surface area contributed by atoms with E-state index in [9.17, 15) is 14.4 Å². The molecule has 0 unspecified atom stereocenters. The first kappa shape index (κ1) is 22.1. The van der Waals surface area contributed by atoms with Gasteiger partial charge in [0.15, 0.2) is 0 Å². The monoisotopic (exact) mass is 468 g/mol. The molecular weight excluding hydrogens is 450 g/mol. The third kappa shape index (κ3) is 4.69. The lowest BCUT2D eigenvalue weighted by Crippen LogP contribution is -2.38. The fourth-order valence-electron chi connectivity index (χ4n) is 3.90. The number of hydrogen-bond donors (Lipinski definition) is 1. The van der Waals surface area contributed by atoms with E-state index in [2.05, 4.69) is 16.4 Å². The largest absolute Gasteiger partial charge is 0.352 e. The zero-order valence-electron chi connectivity index (χ0n) is 17.0. The first-order chi connectivity index (χ1) is 15.5. The fourth-order valence-corrected chi connectivity index (χ4v) is 4.27. The number of piperidine rings is 1. The van der Waals surface area contributed by atoms with Crippen molar-refractivity contribution in [2.24, 2.45) is 0 Å². The summed E-state index contributed by atoms with van der Waals surface area (Å²) in [6, 6.07) is 13.5. The molecule has 0 spiro atoms. The van der Waals surface area contributed by atoms with Crippen LogP contribution in [-0.4, -0.2) is 28.9 Å². The zero-order valence-corrected chi connectivity index (χ0v) is 18.5. The van der Waals surface area contributed by atoms with Crippen molar-refractivity contribution < 1.29 is 9.18 Å². The van der Waals surface area contributed by atoms with Crippen LogP contribution in [0.2, 0.25) is 10.0 Å². The quantitative estimate of drug-likeness (QED) is 0.497. The van der Waals surface area contributed by atoms with E-state index in [4.69, 9.17) is 23.2 Å². The van der Waals surface area contributed by atoms with Crippen molar-refractivity contribution in [3.63, 3.8) is 0 Å². The Morgan fingerprint density at radius 3 is 2.53 bits per heavy atom. The van der Waals surface area contributed by atoms with Crippen LogP contribution < -0.4 is 5.32 Å². The van der Waals surface area contributed by atoms with E-state index in [1.807, 2.05) is 0 Å². The molecule has 3 aromatic rings. The molecule has 1 amide bonds. The van der Waals surface area contributed by atoms with Gasteiger partial charge in [0.1, 0.15) is 11.9 Å². The molecule has 5 nitrogen and oxygen atoms in total. The van der Waals surface area contributed by atoms with Crippen LogP contribution in [0.25, 0.3) is 0 Å². The molecular formula is C24H19Cl2FN4O. The van der Waals surface area contributed by atoms with Gasteiger partial charge in [-0.25, -0.2) is 4.39 Å². The number of carbonyl (C=O) groups is 1. The minimum absolute atomic E-state index is 0.194. The Hall–Kier alpha value is -3.14. The smallest absolute Gasteiger partial charge is 0.257 e. The number of nitrogens with zero attached hydrogens (tertiary/aromatic N) is 3. The van der Waals surface area contributed by atoms with E-state index >= 15 is 0 Å². The minimum atomic E-state index is -0.255. The summed E-state index contributed by atoms with van der Waals surface area (Å²) < 4.78 is 13.2. The van der Waals surface area contributed by atoms with Gasteiger partial charge in [0.05, 0.1) is 27.5 Å². The summed E-state index contributed by atoms with van der Waals surface area (Å²) in [7, 11) is 0. The van der Waals surface area contributed by atoms with Crippen LogP contribution in [0, 0.1) is 17.1 Å². The zero-order chi connectivity index (χ0) is 22.7. The number of rotatable bonds is 4. The molecule has 0 radical (unpaired) electrons. The summed E-state index contributed by atoms with van der Waals surface area (Å²) in [5.41, 5.74) is 2.61. The van der Waals surface area contributed by atoms with Crippen LogP contribution in [0.3, 0.4) is 0 Å². The summed E-state index contributed by atoms with van der Waals surface area (Å²) in [6.45, 7) is 1.13. The number of nitriles is 1. The van der Waals surface area contributed by atoms with Crippen molar-refractivity contribution >= 4 is 40.5 Å². The van der Waals surface area contributed by atoms with Crippen molar-refractivity contribution in [3.05, 3.63) is 87.4 Å².